The number of hydrogen-bond donors (Lipinski definition) is 2. The van der Waals surface area contributed by atoms with E-state index in [1.54, 1.807) is 11.6 Å². The van der Waals surface area contributed by atoms with E-state index in [2.05, 4.69) is 20.6 Å². The third-order valence-electron chi connectivity index (χ3n) is 3.52. The second kappa shape index (κ2) is 9.95. The number of carbonyl (C=O) groups is 2. The van der Waals surface area contributed by atoms with Gasteiger partial charge in [-0.3, -0.25) is 14.6 Å². The maximum absolute atomic E-state index is 12.9. The fourth-order valence-electron chi connectivity index (χ4n) is 2.21. The maximum atomic E-state index is 12.9. The number of pyridine rings is 1. The van der Waals surface area contributed by atoms with Crippen molar-refractivity contribution in [3.63, 3.8) is 0 Å². The van der Waals surface area contributed by atoms with Crippen molar-refractivity contribution in [1.29, 1.82) is 0 Å². The fourth-order valence-corrected chi connectivity index (χ4v) is 3.86. The Bertz CT molecular complexity index is 933. The molecule has 0 aliphatic carbocycles. The Hall–Kier alpha value is -2.78. The zero-order valence-electron chi connectivity index (χ0n) is 14.7. The predicted molar refractivity (Wildman–Crippen MR) is 108 cm³/mol. The van der Waals surface area contributed by atoms with E-state index >= 15 is 0 Å². The number of nitrogens with zero attached hydrogens (tertiary/aromatic N) is 2. The smallest absolute Gasteiger partial charge is 0.234 e. The molecule has 144 valence electrons. The van der Waals surface area contributed by atoms with Gasteiger partial charge in [-0.15, -0.1) is 11.3 Å². The van der Waals surface area contributed by atoms with E-state index in [1.807, 2.05) is 18.2 Å². The van der Waals surface area contributed by atoms with Crippen molar-refractivity contribution in [2.24, 2.45) is 0 Å². The van der Waals surface area contributed by atoms with Crippen LogP contribution in [0.25, 0.3) is 0 Å². The number of aromatic nitrogens is 2. The van der Waals surface area contributed by atoms with Crippen molar-refractivity contribution in [3.05, 3.63) is 71.2 Å². The summed E-state index contributed by atoms with van der Waals surface area (Å²) in [6, 6.07) is 11.1. The molecule has 2 N–H and O–H groups in total. The van der Waals surface area contributed by atoms with Gasteiger partial charge in [-0.1, -0.05) is 17.8 Å². The first kappa shape index (κ1) is 20.0. The van der Waals surface area contributed by atoms with Gasteiger partial charge in [0, 0.05) is 17.3 Å². The summed E-state index contributed by atoms with van der Waals surface area (Å²) in [6.45, 7) is 0.370. The van der Waals surface area contributed by atoms with Crippen LogP contribution in [-0.2, 0) is 22.6 Å². The average Bonchev–Trinajstić information content (AvgIpc) is 3.15. The Labute approximate surface area is 169 Å². The summed E-state index contributed by atoms with van der Waals surface area (Å²) in [5.41, 5.74) is 1.99. The second-order valence-electron chi connectivity index (χ2n) is 5.72. The molecule has 2 heterocycles. The molecular weight excluding hydrogens is 399 g/mol. The summed E-state index contributed by atoms with van der Waals surface area (Å²) in [7, 11) is 0. The Kier molecular flexibility index (Phi) is 7.10. The number of amides is 2. The molecule has 9 heteroatoms. The van der Waals surface area contributed by atoms with Crippen LogP contribution in [0.4, 0.5) is 10.1 Å². The molecular formula is C19H17FN4O2S2. The van der Waals surface area contributed by atoms with Crippen LogP contribution in [0.3, 0.4) is 0 Å². The summed E-state index contributed by atoms with van der Waals surface area (Å²) in [5.74, 6) is -0.522. The number of rotatable bonds is 8. The van der Waals surface area contributed by atoms with E-state index < -0.39 is 0 Å². The van der Waals surface area contributed by atoms with Crippen LogP contribution in [-0.4, -0.2) is 27.5 Å². The lowest BCUT2D eigenvalue weighted by atomic mass is 10.3. The van der Waals surface area contributed by atoms with Gasteiger partial charge < -0.3 is 10.6 Å². The van der Waals surface area contributed by atoms with E-state index in [0.717, 1.165) is 5.69 Å². The lowest BCUT2D eigenvalue weighted by molar-refractivity contribution is -0.120. The molecule has 0 saturated heterocycles. The van der Waals surface area contributed by atoms with Gasteiger partial charge >= 0.3 is 0 Å². The van der Waals surface area contributed by atoms with Crippen LogP contribution in [0.5, 0.6) is 0 Å². The van der Waals surface area contributed by atoms with Gasteiger partial charge in [-0.25, -0.2) is 9.37 Å². The SMILES string of the molecule is O=C(Cc1csc(SCC(=O)Nc2ccc(F)cc2)n1)NCc1ccccn1. The third-order valence-corrected chi connectivity index (χ3v) is 5.59. The molecule has 28 heavy (non-hydrogen) atoms. The molecule has 0 fully saturated rings. The Balaban J connectivity index is 1.41. The first-order valence-electron chi connectivity index (χ1n) is 8.38. The number of nitrogens with one attached hydrogen (secondary N) is 2. The Morgan fingerprint density at radius 1 is 1.07 bits per heavy atom. The molecule has 0 atom stereocenters. The molecule has 2 amide bonds. The van der Waals surface area contributed by atoms with E-state index in [-0.39, 0.29) is 29.8 Å². The molecule has 0 radical (unpaired) electrons. The van der Waals surface area contributed by atoms with Crippen LogP contribution in [0, 0.1) is 5.82 Å². The first-order valence-corrected chi connectivity index (χ1v) is 10.2. The lowest BCUT2D eigenvalue weighted by Gasteiger charge is -2.04. The van der Waals surface area contributed by atoms with E-state index in [0.29, 0.717) is 22.3 Å². The quantitative estimate of drug-likeness (QED) is 0.551. The van der Waals surface area contributed by atoms with Crippen LogP contribution in [0.2, 0.25) is 0 Å². The molecule has 1 aromatic carbocycles. The highest BCUT2D eigenvalue weighted by Gasteiger charge is 2.10. The number of thiazole rings is 1. The highest BCUT2D eigenvalue weighted by Crippen LogP contribution is 2.23. The summed E-state index contributed by atoms with van der Waals surface area (Å²) in [4.78, 5) is 32.5. The monoisotopic (exact) mass is 416 g/mol. The minimum Gasteiger partial charge on any atom is -0.350 e. The maximum Gasteiger partial charge on any atom is 0.234 e. The normalized spacial score (nSPS) is 10.5. The van der Waals surface area contributed by atoms with Crippen LogP contribution >= 0.6 is 23.1 Å². The minimum absolute atomic E-state index is 0.137. The van der Waals surface area contributed by atoms with E-state index in [1.165, 1.54) is 47.4 Å². The minimum atomic E-state index is -0.355. The number of benzene rings is 1. The molecule has 0 saturated carbocycles. The molecule has 3 aromatic rings. The summed E-state index contributed by atoms with van der Waals surface area (Å²) >= 11 is 2.67. The van der Waals surface area contributed by atoms with Crippen LogP contribution in [0.1, 0.15) is 11.4 Å². The molecule has 0 unspecified atom stereocenters. The molecule has 0 aliphatic rings. The van der Waals surface area contributed by atoms with Crippen molar-refractivity contribution < 1.29 is 14.0 Å². The lowest BCUT2D eigenvalue weighted by Crippen LogP contribution is -2.25. The zero-order valence-corrected chi connectivity index (χ0v) is 16.4. The fraction of sp³-hybridized carbons (Fsp3) is 0.158. The molecule has 2 aromatic heterocycles. The topological polar surface area (TPSA) is 84.0 Å². The molecule has 0 aliphatic heterocycles. The summed E-state index contributed by atoms with van der Waals surface area (Å²) in [5, 5.41) is 7.30. The van der Waals surface area contributed by atoms with E-state index in [9.17, 15) is 14.0 Å². The van der Waals surface area contributed by atoms with Crippen molar-refractivity contribution in [3.8, 4) is 0 Å². The predicted octanol–water partition coefficient (Wildman–Crippen LogP) is 3.27. The van der Waals surface area contributed by atoms with Gasteiger partial charge in [0.15, 0.2) is 4.34 Å². The Morgan fingerprint density at radius 2 is 1.89 bits per heavy atom. The standard InChI is InChI=1S/C19H17FN4O2S2/c20-13-4-6-14(7-5-13)23-18(26)12-28-19-24-16(11-27-19)9-17(25)22-10-15-3-1-2-8-21-15/h1-8,11H,9-10,12H2,(H,22,25)(H,23,26). The van der Waals surface area contributed by atoms with Gasteiger partial charge in [0.05, 0.1) is 30.1 Å². The number of hydrogen-bond acceptors (Lipinski definition) is 6. The summed E-state index contributed by atoms with van der Waals surface area (Å²) < 4.78 is 13.6. The van der Waals surface area contributed by atoms with Crippen LogP contribution < -0.4 is 10.6 Å². The molecule has 0 bridgehead atoms. The van der Waals surface area contributed by atoms with Gasteiger partial charge in [-0.2, -0.15) is 0 Å². The molecule has 3 rings (SSSR count). The van der Waals surface area contributed by atoms with Crippen molar-refractivity contribution in [2.75, 3.05) is 11.1 Å². The molecule has 0 spiro atoms. The number of halogens is 1. The second-order valence-corrected chi connectivity index (χ2v) is 7.80. The molecule has 6 nitrogen and oxygen atoms in total. The first-order chi connectivity index (χ1) is 13.6. The summed E-state index contributed by atoms with van der Waals surface area (Å²) in [6.07, 6.45) is 1.85. The number of carbonyl (C=O) groups excluding carboxylic acids is 2. The Morgan fingerprint density at radius 3 is 2.64 bits per heavy atom. The van der Waals surface area contributed by atoms with Gasteiger partial charge in [-0.05, 0) is 36.4 Å². The van der Waals surface area contributed by atoms with Crippen LogP contribution in [0.15, 0.2) is 58.4 Å². The van der Waals surface area contributed by atoms with Crippen molar-refractivity contribution in [1.82, 2.24) is 15.3 Å². The average molecular weight is 417 g/mol. The van der Waals surface area contributed by atoms with Gasteiger partial charge in [0.25, 0.3) is 0 Å². The largest absolute Gasteiger partial charge is 0.350 e. The van der Waals surface area contributed by atoms with Crippen molar-refractivity contribution >= 4 is 40.6 Å². The highest BCUT2D eigenvalue weighted by molar-refractivity contribution is 8.01. The van der Waals surface area contributed by atoms with Gasteiger partial charge in [0.1, 0.15) is 5.82 Å². The van der Waals surface area contributed by atoms with Crippen molar-refractivity contribution in [2.45, 2.75) is 17.3 Å². The zero-order chi connectivity index (χ0) is 19.8. The van der Waals surface area contributed by atoms with E-state index in [4.69, 9.17) is 0 Å². The number of thioether (sulfide) groups is 1. The number of anilines is 1. The third kappa shape index (κ3) is 6.43. The van der Waals surface area contributed by atoms with Gasteiger partial charge in [0.2, 0.25) is 11.8 Å². The highest BCUT2D eigenvalue weighted by atomic mass is 32.2.